The summed E-state index contributed by atoms with van der Waals surface area (Å²) in [6.45, 7) is 3.99. The fourth-order valence-electron chi connectivity index (χ4n) is 2.61. The van der Waals surface area contributed by atoms with Crippen LogP contribution in [-0.2, 0) is 6.42 Å². The van der Waals surface area contributed by atoms with Crippen molar-refractivity contribution >= 4 is 11.8 Å². The van der Waals surface area contributed by atoms with Crippen LogP contribution in [0.4, 0.5) is 0 Å². The standard InChI is InChI=1S/C15H23NOS/c1-10(17)11(2)18-14-9-8-12-6-4-5-7-13(12)15(14)16-3/h4-7,10-11,14-17H,8-9H2,1-3H3. The Hall–Kier alpha value is -0.510. The summed E-state index contributed by atoms with van der Waals surface area (Å²) < 4.78 is 0. The van der Waals surface area contributed by atoms with Gasteiger partial charge in [0.2, 0.25) is 0 Å². The molecule has 2 N–H and O–H groups in total. The summed E-state index contributed by atoms with van der Waals surface area (Å²) >= 11 is 1.91. The zero-order chi connectivity index (χ0) is 13.1. The van der Waals surface area contributed by atoms with Crippen molar-refractivity contribution in [2.45, 2.75) is 49.3 Å². The highest BCUT2D eigenvalue weighted by Gasteiger charge is 2.30. The summed E-state index contributed by atoms with van der Waals surface area (Å²) in [5, 5.41) is 14.0. The van der Waals surface area contributed by atoms with Crippen molar-refractivity contribution in [3.8, 4) is 0 Å². The second-order valence-corrected chi connectivity index (χ2v) is 6.75. The first-order valence-electron chi connectivity index (χ1n) is 6.72. The maximum atomic E-state index is 9.66. The van der Waals surface area contributed by atoms with Crippen molar-refractivity contribution in [3.63, 3.8) is 0 Å². The summed E-state index contributed by atoms with van der Waals surface area (Å²) in [5.41, 5.74) is 2.90. The van der Waals surface area contributed by atoms with Gasteiger partial charge < -0.3 is 10.4 Å². The molecule has 0 fully saturated rings. The Morgan fingerprint density at radius 1 is 1.33 bits per heavy atom. The normalized spacial score (nSPS) is 26.4. The van der Waals surface area contributed by atoms with E-state index in [1.54, 1.807) is 0 Å². The molecule has 0 aliphatic heterocycles. The van der Waals surface area contributed by atoms with Gasteiger partial charge in [-0.3, -0.25) is 0 Å². The van der Waals surface area contributed by atoms with Crippen molar-refractivity contribution in [3.05, 3.63) is 35.4 Å². The molecule has 1 aromatic rings. The smallest absolute Gasteiger partial charge is 0.0628 e. The lowest BCUT2D eigenvalue weighted by atomic mass is 9.87. The molecule has 2 nitrogen and oxygen atoms in total. The third-order valence-corrected chi connectivity index (χ3v) is 5.52. The minimum Gasteiger partial charge on any atom is -0.392 e. The van der Waals surface area contributed by atoms with Gasteiger partial charge in [0.1, 0.15) is 0 Å². The molecular formula is C15H23NOS. The second kappa shape index (κ2) is 6.09. The van der Waals surface area contributed by atoms with E-state index in [1.165, 1.54) is 17.5 Å². The quantitative estimate of drug-likeness (QED) is 0.878. The van der Waals surface area contributed by atoms with E-state index in [0.717, 1.165) is 6.42 Å². The topological polar surface area (TPSA) is 32.3 Å². The molecule has 0 spiro atoms. The average Bonchev–Trinajstić information content (AvgIpc) is 2.38. The Bertz CT molecular complexity index is 394. The second-order valence-electron chi connectivity index (χ2n) is 5.12. The largest absolute Gasteiger partial charge is 0.392 e. The first-order chi connectivity index (χ1) is 8.63. The number of rotatable bonds is 4. The van der Waals surface area contributed by atoms with Crippen LogP contribution in [0.2, 0.25) is 0 Å². The van der Waals surface area contributed by atoms with Crippen LogP contribution in [0.25, 0.3) is 0 Å². The Balaban J connectivity index is 2.15. The number of aryl methyl sites for hydroxylation is 1. The van der Waals surface area contributed by atoms with Gasteiger partial charge in [-0.1, -0.05) is 31.2 Å². The summed E-state index contributed by atoms with van der Waals surface area (Å²) in [6, 6.07) is 9.11. The zero-order valence-electron chi connectivity index (χ0n) is 11.4. The van der Waals surface area contributed by atoms with Gasteiger partial charge in [-0.2, -0.15) is 11.8 Å². The molecule has 100 valence electrons. The van der Waals surface area contributed by atoms with Crippen LogP contribution in [0.15, 0.2) is 24.3 Å². The van der Waals surface area contributed by atoms with E-state index in [4.69, 9.17) is 0 Å². The van der Waals surface area contributed by atoms with E-state index in [0.29, 0.717) is 11.3 Å². The summed E-state index contributed by atoms with van der Waals surface area (Å²) in [4.78, 5) is 0. The zero-order valence-corrected chi connectivity index (χ0v) is 12.2. The first-order valence-corrected chi connectivity index (χ1v) is 7.66. The molecule has 1 aromatic carbocycles. The molecule has 0 radical (unpaired) electrons. The maximum absolute atomic E-state index is 9.66. The monoisotopic (exact) mass is 265 g/mol. The van der Waals surface area contributed by atoms with Crippen LogP contribution in [0.5, 0.6) is 0 Å². The molecule has 2 rings (SSSR count). The van der Waals surface area contributed by atoms with Gasteiger partial charge in [0, 0.05) is 16.5 Å². The van der Waals surface area contributed by atoms with E-state index < -0.39 is 0 Å². The highest BCUT2D eigenvalue weighted by molar-refractivity contribution is 8.00. The Morgan fingerprint density at radius 3 is 2.72 bits per heavy atom. The van der Waals surface area contributed by atoms with Gasteiger partial charge in [-0.25, -0.2) is 0 Å². The van der Waals surface area contributed by atoms with Crippen LogP contribution in [0.1, 0.15) is 37.4 Å². The van der Waals surface area contributed by atoms with Gasteiger partial charge in [0.15, 0.2) is 0 Å². The summed E-state index contributed by atoms with van der Waals surface area (Å²) in [6.07, 6.45) is 2.09. The number of aliphatic hydroxyl groups is 1. The Morgan fingerprint density at radius 2 is 2.06 bits per heavy atom. The predicted molar refractivity (Wildman–Crippen MR) is 79.1 cm³/mol. The minimum atomic E-state index is -0.246. The predicted octanol–water partition coefficient (Wildman–Crippen LogP) is 2.76. The highest BCUT2D eigenvalue weighted by atomic mass is 32.2. The molecule has 0 saturated heterocycles. The summed E-state index contributed by atoms with van der Waals surface area (Å²) in [5.74, 6) is 0. The fourth-order valence-corrected chi connectivity index (χ4v) is 4.08. The minimum absolute atomic E-state index is 0.246. The molecule has 0 heterocycles. The maximum Gasteiger partial charge on any atom is 0.0628 e. The van der Waals surface area contributed by atoms with Gasteiger partial charge in [0.05, 0.1) is 6.10 Å². The first kappa shape index (κ1) is 13.9. The molecule has 4 atom stereocenters. The van der Waals surface area contributed by atoms with E-state index >= 15 is 0 Å². The molecule has 0 saturated carbocycles. The number of thioether (sulfide) groups is 1. The van der Waals surface area contributed by atoms with E-state index in [9.17, 15) is 5.11 Å². The average molecular weight is 265 g/mol. The molecule has 18 heavy (non-hydrogen) atoms. The number of benzene rings is 1. The molecule has 0 bridgehead atoms. The summed E-state index contributed by atoms with van der Waals surface area (Å²) in [7, 11) is 2.04. The van der Waals surface area contributed by atoms with Crippen molar-refractivity contribution in [1.29, 1.82) is 0 Å². The highest BCUT2D eigenvalue weighted by Crippen LogP contribution is 2.38. The van der Waals surface area contributed by atoms with Crippen LogP contribution < -0.4 is 5.32 Å². The number of hydrogen-bond acceptors (Lipinski definition) is 3. The van der Waals surface area contributed by atoms with E-state index in [2.05, 4.69) is 36.5 Å². The third kappa shape index (κ3) is 2.90. The SMILES string of the molecule is CNC1c2ccccc2CCC1SC(C)C(C)O. The van der Waals surface area contributed by atoms with Gasteiger partial charge in [0.25, 0.3) is 0 Å². The van der Waals surface area contributed by atoms with Gasteiger partial charge >= 0.3 is 0 Å². The molecular weight excluding hydrogens is 242 g/mol. The van der Waals surface area contributed by atoms with Crippen LogP contribution in [-0.4, -0.2) is 28.8 Å². The third-order valence-electron chi connectivity index (χ3n) is 3.84. The molecule has 0 aromatic heterocycles. The Labute approximate surface area is 114 Å². The van der Waals surface area contributed by atoms with Crippen molar-refractivity contribution in [2.75, 3.05) is 7.05 Å². The number of fused-ring (bicyclic) bond motifs is 1. The fraction of sp³-hybridized carbons (Fsp3) is 0.600. The molecule has 1 aliphatic carbocycles. The Kier molecular flexibility index (Phi) is 4.71. The molecule has 1 aliphatic rings. The lowest BCUT2D eigenvalue weighted by molar-refractivity contribution is 0.196. The molecule has 0 amide bonds. The number of hydrogen-bond donors (Lipinski definition) is 2. The van der Waals surface area contributed by atoms with Crippen molar-refractivity contribution < 1.29 is 5.11 Å². The lowest BCUT2D eigenvalue weighted by Gasteiger charge is -2.35. The van der Waals surface area contributed by atoms with Crippen LogP contribution in [0.3, 0.4) is 0 Å². The van der Waals surface area contributed by atoms with Gasteiger partial charge in [-0.15, -0.1) is 0 Å². The number of nitrogens with one attached hydrogen (secondary N) is 1. The van der Waals surface area contributed by atoms with Gasteiger partial charge in [-0.05, 0) is 37.9 Å². The van der Waals surface area contributed by atoms with Crippen LogP contribution in [0, 0.1) is 0 Å². The van der Waals surface area contributed by atoms with E-state index in [1.807, 2.05) is 25.7 Å². The van der Waals surface area contributed by atoms with Crippen molar-refractivity contribution in [2.24, 2.45) is 0 Å². The number of aliphatic hydroxyl groups excluding tert-OH is 1. The van der Waals surface area contributed by atoms with Crippen LogP contribution >= 0.6 is 11.8 Å². The van der Waals surface area contributed by atoms with Crippen molar-refractivity contribution in [1.82, 2.24) is 5.32 Å². The lowest BCUT2D eigenvalue weighted by Crippen LogP contribution is -2.34. The van der Waals surface area contributed by atoms with E-state index in [-0.39, 0.29) is 11.4 Å². The molecule has 4 unspecified atom stereocenters. The molecule has 3 heteroatoms.